The molecule has 1 N–H and O–H groups in total. The molecule has 0 fully saturated rings. The summed E-state index contributed by atoms with van der Waals surface area (Å²) in [4.78, 5) is 27.3. The summed E-state index contributed by atoms with van der Waals surface area (Å²) in [6.07, 6.45) is 0.809. The first-order valence-electron chi connectivity index (χ1n) is 7.85. The fourth-order valence-electron chi connectivity index (χ4n) is 2.87. The van der Waals surface area contributed by atoms with E-state index in [1.165, 1.54) is 11.3 Å². The number of nitrogens with one attached hydrogen (secondary N) is 1. The smallest absolute Gasteiger partial charge is 0.277 e. The Morgan fingerprint density at radius 2 is 2.16 bits per heavy atom. The Kier molecular flexibility index (Phi) is 3.85. The number of thiophene rings is 1. The zero-order chi connectivity index (χ0) is 17.4. The van der Waals surface area contributed by atoms with E-state index in [0.29, 0.717) is 22.9 Å². The van der Waals surface area contributed by atoms with Crippen molar-refractivity contribution in [1.29, 1.82) is 0 Å². The molecule has 0 radical (unpaired) electrons. The van der Waals surface area contributed by atoms with Gasteiger partial charge in [0.1, 0.15) is 5.76 Å². The quantitative estimate of drug-likeness (QED) is 0.782. The highest BCUT2D eigenvalue weighted by atomic mass is 32.1. The van der Waals surface area contributed by atoms with Crippen molar-refractivity contribution in [3.63, 3.8) is 0 Å². The van der Waals surface area contributed by atoms with Crippen LogP contribution in [0.5, 0.6) is 0 Å². The van der Waals surface area contributed by atoms with Gasteiger partial charge in [0, 0.05) is 24.0 Å². The van der Waals surface area contributed by atoms with E-state index in [1.54, 1.807) is 17.9 Å². The predicted octanol–water partition coefficient (Wildman–Crippen LogP) is 3.50. The number of aromatic nitrogens is 1. The lowest BCUT2D eigenvalue weighted by atomic mass is 10.1. The van der Waals surface area contributed by atoms with E-state index in [0.717, 1.165) is 17.7 Å². The average Bonchev–Trinajstić information content (AvgIpc) is 3.34. The molecule has 3 heterocycles. The fourth-order valence-corrected chi connectivity index (χ4v) is 3.54. The van der Waals surface area contributed by atoms with Gasteiger partial charge in [-0.3, -0.25) is 9.59 Å². The van der Waals surface area contributed by atoms with Crippen LogP contribution in [0.3, 0.4) is 0 Å². The van der Waals surface area contributed by atoms with Gasteiger partial charge in [-0.15, -0.1) is 11.3 Å². The lowest BCUT2D eigenvalue weighted by Gasteiger charge is -2.17. The Balaban J connectivity index is 1.58. The van der Waals surface area contributed by atoms with Crippen LogP contribution in [-0.2, 0) is 6.42 Å². The number of nitrogens with zero attached hydrogens (tertiary/aromatic N) is 2. The molecule has 2 aromatic heterocycles. The second kappa shape index (κ2) is 6.18. The molecule has 1 aliphatic rings. The number of anilines is 2. The molecule has 1 aromatic carbocycles. The van der Waals surface area contributed by atoms with Gasteiger partial charge in [0.2, 0.25) is 0 Å². The molecule has 6 nitrogen and oxygen atoms in total. The van der Waals surface area contributed by atoms with Gasteiger partial charge in [-0.1, -0.05) is 17.3 Å². The third kappa shape index (κ3) is 2.94. The number of amides is 2. The molecular formula is C18H15N3O3S. The van der Waals surface area contributed by atoms with Crippen LogP contribution >= 0.6 is 11.3 Å². The minimum Gasteiger partial charge on any atom is -0.361 e. The van der Waals surface area contributed by atoms with Crippen molar-refractivity contribution < 1.29 is 14.1 Å². The molecule has 3 aromatic rings. The molecule has 0 atom stereocenters. The van der Waals surface area contributed by atoms with Crippen molar-refractivity contribution in [2.75, 3.05) is 16.8 Å². The standard InChI is InChI=1S/C18H15N3O3S/c1-11-9-14(20-24-11)17(22)19-13-5-4-12-6-7-21(15(12)10-13)18(23)16-3-2-8-25-16/h2-5,8-10H,6-7H2,1H3,(H,19,22). The van der Waals surface area contributed by atoms with E-state index in [1.807, 2.05) is 35.7 Å². The highest BCUT2D eigenvalue weighted by Crippen LogP contribution is 2.32. The molecule has 25 heavy (non-hydrogen) atoms. The molecular weight excluding hydrogens is 338 g/mol. The third-order valence-corrected chi connectivity index (χ3v) is 4.93. The number of fused-ring (bicyclic) bond motifs is 1. The molecule has 4 rings (SSSR count). The number of rotatable bonds is 3. The number of carbonyl (C=O) groups excluding carboxylic acids is 2. The van der Waals surface area contributed by atoms with Crippen LogP contribution in [0.25, 0.3) is 0 Å². The normalized spacial score (nSPS) is 12.9. The Bertz CT molecular complexity index is 946. The number of benzene rings is 1. The van der Waals surface area contributed by atoms with Crippen LogP contribution in [-0.4, -0.2) is 23.5 Å². The maximum Gasteiger partial charge on any atom is 0.277 e. The minimum absolute atomic E-state index is 0.00986. The summed E-state index contributed by atoms with van der Waals surface area (Å²) in [6.45, 7) is 2.37. The molecule has 0 bridgehead atoms. The largest absolute Gasteiger partial charge is 0.361 e. The molecule has 0 saturated heterocycles. The molecule has 0 unspecified atom stereocenters. The molecule has 7 heteroatoms. The third-order valence-electron chi connectivity index (χ3n) is 4.08. The number of hydrogen-bond acceptors (Lipinski definition) is 5. The molecule has 0 spiro atoms. The lowest BCUT2D eigenvalue weighted by molar-refractivity contribution is 0.0991. The van der Waals surface area contributed by atoms with Crippen molar-refractivity contribution in [1.82, 2.24) is 5.16 Å². The van der Waals surface area contributed by atoms with E-state index in [9.17, 15) is 9.59 Å². The van der Waals surface area contributed by atoms with Gasteiger partial charge in [-0.25, -0.2) is 0 Å². The summed E-state index contributed by atoms with van der Waals surface area (Å²) in [5, 5.41) is 8.40. The van der Waals surface area contributed by atoms with Gasteiger partial charge in [-0.2, -0.15) is 0 Å². The summed E-state index contributed by atoms with van der Waals surface area (Å²) in [7, 11) is 0. The molecule has 1 aliphatic heterocycles. The first-order valence-corrected chi connectivity index (χ1v) is 8.73. The van der Waals surface area contributed by atoms with Gasteiger partial charge in [0.05, 0.1) is 4.88 Å². The van der Waals surface area contributed by atoms with Crippen molar-refractivity contribution in [2.45, 2.75) is 13.3 Å². The van der Waals surface area contributed by atoms with Crippen molar-refractivity contribution >= 4 is 34.5 Å². The Morgan fingerprint density at radius 1 is 1.28 bits per heavy atom. The van der Waals surface area contributed by atoms with Crippen LogP contribution in [0.15, 0.2) is 46.3 Å². The van der Waals surface area contributed by atoms with Crippen molar-refractivity contribution in [3.05, 3.63) is 63.7 Å². The summed E-state index contributed by atoms with van der Waals surface area (Å²) in [5.74, 6) is 0.224. The SMILES string of the molecule is Cc1cc(C(=O)Nc2ccc3c(c2)N(C(=O)c2cccs2)CC3)no1. The van der Waals surface area contributed by atoms with Crippen LogP contribution in [0.1, 0.15) is 31.5 Å². The second-order valence-electron chi connectivity index (χ2n) is 5.80. The molecule has 0 aliphatic carbocycles. The lowest BCUT2D eigenvalue weighted by Crippen LogP contribution is -2.28. The van der Waals surface area contributed by atoms with Gasteiger partial charge < -0.3 is 14.7 Å². The van der Waals surface area contributed by atoms with E-state index in [4.69, 9.17) is 4.52 Å². The first-order chi connectivity index (χ1) is 12.1. The van der Waals surface area contributed by atoms with Crippen molar-refractivity contribution in [2.24, 2.45) is 0 Å². The zero-order valence-electron chi connectivity index (χ0n) is 13.5. The topological polar surface area (TPSA) is 75.4 Å². The predicted molar refractivity (Wildman–Crippen MR) is 95.3 cm³/mol. The molecule has 2 amide bonds. The Morgan fingerprint density at radius 3 is 2.88 bits per heavy atom. The number of hydrogen-bond donors (Lipinski definition) is 1. The van der Waals surface area contributed by atoms with Gasteiger partial charge in [-0.05, 0) is 42.5 Å². The Labute approximate surface area is 148 Å². The van der Waals surface area contributed by atoms with Crippen LogP contribution in [0.4, 0.5) is 11.4 Å². The summed E-state index contributed by atoms with van der Waals surface area (Å²) in [5.41, 5.74) is 2.78. The van der Waals surface area contributed by atoms with Gasteiger partial charge >= 0.3 is 0 Å². The van der Waals surface area contributed by atoms with Crippen LogP contribution in [0.2, 0.25) is 0 Å². The molecule has 126 valence electrons. The highest BCUT2D eigenvalue weighted by Gasteiger charge is 2.26. The fraction of sp³-hybridized carbons (Fsp3) is 0.167. The summed E-state index contributed by atoms with van der Waals surface area (Å²) < 4.78 is 4.92. The average molecular weight is 353 g/mol. The summed E-state index contributed by atoms with van der Waals surface area (Å²) in [6, 6.07) is 10.9. The van der Waals surface area contributed by atoms with E-state index < -0.39 is 0 Å². The first kappa shape index (κ1) is 15.6. The van der Waals surface area contributed by atoms with Crippen LogP contribution in [0, 0.1) is 6.92 Å². The monoisotopic (exact) mass is 353 g/mol. The highest BCUT2D eigenvalue weighted by molar-refractivity contribution is 7.12. The number of carbonyl (C=O) groups is 2. The second-order valence-corrected chi connectivity index (χ2v) is 6.75. The van der Waals surface area contributed by atoms with Gasteiger partial charge in [0.15, 0.2) is 5.69 Å². The van der Waals surface area contributed by atoms with Crippen molar-refractivity contribution in [3.8, 4) is 0 Å². The van der Waals surface area contributed by atoms with Gasteiger partial charge in [0.25, 0.3) is 11.8 Å². The Hall–Kier alpha value is -2.93. The van der Waals surface area contributed by atoms with E-state index in [-0.39, 0.29) is 17.5 Å². The van der Waals surface area contributed by atoms with E-state index in [2.05, 4.69) is 10.5 Å². The molecule has 0 saturated carbocycles. The van der Waals surface area contributed by atoms with E-state index >= 15 is 0 Å². The van der Waals surface area contributed by atoms with Crippen LogP contribution < -0.4 is 10.2 Å². The zero-order valence-corrected chi connectivity index (χ0v) is 14.3. The number of aryl methyl sites for hydroxylation is 1. The maximum atomic E-state index is 12.7. The minimum atomic E-state index is -0.342. The maximum absolute atomic E-state index is 12.7. The summed E-state index contributed by atoms with van der Waals surface area (Å²) >= 11 is 1.43.